The van der Waals surface area contributed by atoms with Gasteiger partial charge in [0.2, 0.25) is 0 Å². The van der Waals surface area contributed by atoms with Crippen molar-refractivity contribution < 1.29 is 23.8 Å². The molecule has 0 saturated carbocycles. The summed E-state index contributed by atoms with van der Waals surface area (Å²) in [5, 5.41) is 0. The van der Waals surface area contributed by atoms with Crippen LogP contribution in [0.25, 0.3) is 0 Å². The van der Waals surface area contributed by atoms with Gasteiger partial charge in [-0.2, -0.15) is 0 Å². The monoisotopic (exact) mass is 262 g/mol. The van der Waals surface area contributed by atoms with Crippen LogP contribution in [0.4, 0.5) is 0 Å². The summed E-state index contributed by atoms with van der Waals surface area (Å²) in [6.45, 7) is 0. The second-order valence-electron chi connectivity index (χ2n) is 4.00. The van der Waals surface area contributed by atoms with Crippen LogP contribution in [0.15, 0.2) is 41.7 Å². The normalized spacial score (nSPS) is 16.9. The maximum Gasteiger partial charge on any atom is 0.348 e. The predicted octanol–water partition coefficient (Wildman–Crippen LogP) is 1.75. The van der Waals surface area contributed by atoms with E-state index < -0.39 is 11.9 Å². The molecule has 19 heavy (non-hydrogen) atoms. The van der Waals surface area contributed by atoms with E-state index in [1.54, 1.807) is 0 Å². The summed E-state index contributed by atoms with van der Waals surface area (Å²) in [7, 11) is 2.42. The summed E-state index contributed by atoms with van der Waals surface area (Å²) in [6, 6.07) is 9.58. The molecule has 0 N–H and O–H groups in total. The molecule has 0 bridgehead atoms. The molecule has 2 rings (SSSR count). The van der Waals surface area contributed by atoms with Gasteiger partial charge in [0.1, 0.15) is 11.9 Å². The molecule has 5 nitrogen and oxygen atoms in total. The molecule has 5 heteroatoms. The number of ether oxygens (including phenoxy) is 3. The number of benzene rings is 1. The van der Waals surface area contributed by atoms with Gasteiger partial charge in [-0.15, -0.1) is 0 Å². The Morgan fingerprint density at radius 3 is 2.11 bits per heavy atom. The number of carbonyl (C=O) groups excluding carboxylic acids is 2. The lowest BCUT2D eigenvalue weighted by molar-refractivity contribution is -0.145. The highest BCUT2D eigenvalue weighted by molar-refractivity contribution is 6.14. The lowest BCUT2D eigenvalue weighted by Gasteiger charge is -2.32. The largest absolute Gasteiger partial charge is 0.488 e. The number of methoxy groups -OCH3 is 2. The van der Waals surface area contributed by atoms with E-state index in [0.717, 1.165) is 5.56 Å². The maximum absolute atomic E-state index is 11.5. The second kappa shape index (κ2) is 5.56. The molecule has 1 aromatic carbocycles. The standard InChI is InChI=1S/C14H14O5/c1-17-13(15)12(14(16)18-2)11-8-10(19-11)9-6-4-3-5-7-9/h3-7,10H,8H2,1-2H3. The van der Waals surface area contributed by atoms with E-state index in [-0.39, 0.29) is 11.7 Å². The second-order valence-corrected chi connectivity index (χ2v) is 4.00. The van der Waals surface area contributed by atoms with Crippen LogP contribution in [0.3, 0.4) is 0 Å². The van der Waals surface area contributed by atoms with Crippen LogP contribution in [0.5, 0.6) is 0 Å². The summed E-state index contributed by atoms with van der Waals surface area (Å²) in [4.78, 5) is 23.1. The quantitative estimate of drug-likeness (QED) is 0.359. The van der Waals surface area contributed by atoms with Crippen molar-refractivity contribution in [3.63, 3.8) is 0 Å². The molecule has 0 spiro atoms. The Morgan fingerprint density at radius 2 is 1.63 bits per heavy atom. The van der Waals surface area contributed by atoms with Crippen LogP contribution in [0.2, 0.25) is 0 Å². The van der Waals surface area contributed by atoms with Gasteiger partial charge in [-0.1, -0.05) is 30.3 Å². The first-order chi connectivity index (χ1) is 9.17. The van der Waals surface area contributed by atoms with Crippen molar-refractivity contribution in [2.75, 3.05) is 14.2 Å². The molecule has 0 radical (unpaired) electrons. The zero-order valence-corrected chi connectivity index (χ0v) is 10.7. The molecule has 1 aromatic rings. The van der Waals surface area contributed by atoms with E-state index in [1.165, 1.54) is 14.2 Å². The van der Waals surface area contributed by atoms with E-state index in [9.17, 15) is 9.59 Å². The zero-order chi connectivity index (χ0) is 13.8. The van der Waals surface area contributed by atoms with Crippen molar-refractivity contribution in [3.05, 3.63) is 47.2 Å². The Bertz CT molecular complexity index is 492. The fraction of sp³-hybridized carbons (Fsp3) is 0.286. The lowest BCUT2D eigenvalue weighted by atomic mass is 9.98. The molecule has 1 aliphatic heterocycles. The van der Waals surface area contributed by atoms with E-state index in [2.05, 4.69) is 9.47 Å². The van der Waals surface area contributed by atoms with Crippen LogP contribution in [0, 0.1) is 0 Å². The highest BCUT2D eigenvalue weighted by atomic mass is 16.6. The molecule has 0 amide bonds. The molecule has 1 heterocycles. The smallest absolute Gasteiger partial charge is 0.348 e. The number of hydrogen-bond donors (Lipinski definition) is 0. The number of hydrogen-bond acceptors (Lipinski definition) is 5. The molecule has 1 unspecified atom stereocenters. The molecule has 0 aliphatic carbocycles. The Balaban J connectivity index is 2.16. The van der Waals surface area contributed by atoms with Gasteiger partial charge in [0.05, 0.1) is 14.2 Å². The molecule has 100 valence electrons. The van der Waals surface area contributed by atoms with E-state index in [1.807, 2.05) is 30.3 Å². The first-order valence-corrected chi connectivity index (χ1v) is 5.78. The molecule has 0 aromatic heterocycles. The van der Waals surface area contributed by atoms with E-state index in [4.69, 9.17) is 4.74 Å². The summed E-state index contributed by atoms with van der Waals surface area (Å²) in [6.07, 6.45) is 0.337. The summed E-state index contributed by atoms with van der Waals surface area (Å²) in [5.74, 6) is -1.17. The zero-order valence-electron chi connectivity index (χ0n) is 10.7. The Kier molecular flexibility index (Phi) is 3.85. The number of rotatable bonds is 3. The Hall–Kier alpha value is -2.30. The fourth-order valence-electron chi connectivity index (χ4n) is 1.86. The first-order valence-electron chi connectivity index (χ1n) is 5.78. The summed E-state index contributed by atoms with van der Waals surface area (Å²) in [5.41, 5.74) is 0.831. The van der Waals surface area contributed by atoms with Crippen molar-refractivity contribution in [2.45, 2.75) is 12.5 Å². The van der Waals surface area contributed by atoms with Gasteiger partial charge >= 0.3 is 11.9 Å². The third-order valence-electron chi connectivity index (χ3n) is 2.88. The molecule has 1 fully saturated rings. The summed E-state index contributed by atoms with van der Waals surface area (Å²) < 4.78 is 14.6. The molecule has 1 atom stereocenters. The van der Waals surface area contributed by atoms with Crippen LogP contribution >= 0.6 is 0 Å². The van der Waals surface area contributed by atoms with Crippen molar-refractivity contribution in [1.82, 2.24) is 0 Å². The average molecular weight is 262 g/mol. The van der Waals surface area contributed by atoms with Gasteiger partial charge in [-0.25, -0.2) is 9.59 Å². The van der Waals surface area contributed by atoms with Gasteiger partial charge < -0.3 is 14.2 Å². The van der Waals surface area contributed by atoms with Gasteiger partial charge in [0.15, 0.2) is 5.57 Å². The fourth-order valence-corrected chi connectivity index (χ4v) is 1.86. The molecular weight excluding hydrogens is 248 g/mol. The maximum atomic E-state index is 11.5. The van der Waals surface area contributed by atoms with Crippen molar-refractivity contribution in [2.24, 2.45) is 0 Å². The number of carbonyl (C=O) groups is 2. The van der Waals surface area contributed by atoms with Crippen LogP contribution in [-0.2, 0) is 23.8 Å². The summed E-state index contributed by atoms with van der Waals surface area (Å²) >= 11 is 0. The minimum Gasteiger partial charge on any atom is -0.488 e. The van der Waals surface area contributed by atoms with Crippen molar-refractivity contribution in [3.8, 4) is 0 Å². The Labute approximate surface area is 110 Å². The average Bonchev–Trinajstić information content (AvgIpc) is 2.41. The topological polar surface area (TPSA) is 61.8 Å². The van der Waals surface area contributed by atoms with Crippen LogP contribution < -0.4 is 0 Å². The van der Waals surface area contributed by atoms with Crippen LogP contribution in [-0.4, -0.2) is 26.2 Å². The number of esters is 2. The van der Waals surface area contributed by atoms with Gasteiger partial charge in [0.25, 0.3) is 0 Å². The SMILES string of the molecule is COC(=O)C(C(=O)OC)=C1CC(c2ccccc2)O1. The lowest BCUT2D eigenvalue weighted by Crippen LogP contribution is -2.26. The highest BCUT2D eigenvalue weighted by Gasteiger charge is 2.36. The predicted molar refractivity (Wildman–Crippen MR) is 65.9 cm³/mol. The minimum atomic E-state index is -0.742. The molecule has 1 saturated heterocycles. The van der Waals surface area contributed by atoms with E-state index >= 15 is 0 Å². The van der Waals surface area contributed by atoms with Crippen molar-refractivity contribution in [1.29, 1.82) is 0 Å². The van der Waals surface area contributed by atoms with E-state index in [0.29, 0.717) is 12.2 Å². The molecule has 1 aliphatic rings. The first kappa shape index (κ1) is 13.1. The van der Waals surface area contributed by atoms with Crippen molar-refractivity contribution >= 4 is 11.9 Å². The minimum absolute atomic E-state index is 0.138. The molecular formula is C14H14O5. The Morgan fingerprint density at radius 1 is 1.11 bits per heavy atom. The highest BCUT2D eigenvalue weighted by Crippen LogP contribution is 2.39. The van der Waals surface area contributed by atoms with Gasteiger partial charge in [-0.05, 0) is 5.56 Å². The van der Waals surface area contributed by atoms with Crippen LogP contribution in [0.1, 0.15) is 18.1 Å². The van der Waals surface area contributed by atoms with Gasteiger partial charge in [0, 0.05) is 6.42 Å². The third-order valence-corrected chi connectivity index (χ3v) is 2.88. The van der Waals surface area contributed by atoms with Gasteiger partial charge in [-0.3, -0.25) is 0 Å². The third kappa shape index (κ3) is 2.59.